The van der Waals surface area contributed by atoms with Crippen LogP contribution in [0.25, 0.3) is 0 Å². The zero-order valence-electron chi connectivity index (χ0n) is 10.4. The molecule has 0 bridgehead atoms. The average Bonchev–Trinajstić information content (AvgIpc) is 2.71. The highest BCUT2D eigenvalue weighted by Gasteiger charge is 2.18. The van der Waals surface area contributed by atoms with Crippen LogP contribution in [0.1, 0.15) is 17.2 Å². The third-order valence-corrected chi connectivity index (χ3v) is 3.39. The van der Waals surface area contributed by atoms with Crippen molar-refractivity contribution in [3.63, 3.8) is 0 Å². The number of anilines is 1. The fraction of sp³-hybridized carbons (Fsp3) is 0.250. The van der Waals surface area contributed by atoms with Crippen molar-refractivity contribution in [1.29, 1.82) is 0 Å². The van der Waals surface area contributed by atoms with E-state index in [0.717, 1.165) is 5.56 Å². The molecule has 2 rings (SSSR count). The minimum absolute atomic E-state index is 0.284. The summed E-state index contributed by atoms with van der Waals surface area (Å²) in [6.45, 7) is 0. The molecule has 1 unspecified atom stereocenters. The monoisotopic (exact) mass is 283 g/mol. The summed E-state index contributed by atoms with van der Waals surface area (Å²) >= 11 is 6.04. The number of hydrogen-bond acceptors (Lipinski definition) is 4. The number of benzene rings is 1. The van der Waals surface area contributed by atoms with Crippen molar-refractivity contribution in [2.24, 2.45) is 12.9 Å². The minimum Gasteiger partial charge on any atom is -0.384 e. The van der Waals surface area contributed by atoms with Gasteiger partial charge in [-0.15, -0.1) is 0 Å². The number of nitrogen functional groups attached to an aromatic ring is 1. The Bertz CT molecular complexity index is 583. The van der Waals surface area contributed by atoms with Crippen molar-refractivity contribution in [2.45, 2.75) is 12.5 Å². The standard InChI is InChI=1S/C12H15ClFN5/c1-19-12(15)9(6-17-19)11(18-16)5-7-4-8(14)2-3-10(7)13/h2-4,6,11,18H,5,15-16H2,1H3. The van der Waals surface area contributed by atoms with Crippen molar-refractivity contribution in [3.8, 4) is 0 Å². The van der Waals surface area contributed by atoms with E-state index in [1.807, 2.05) is 0 Å². The first-order valence-corrected chi connectivity index (χ1v) is 6.08. The van der Waals surface area contributed by atoms with Gasteiger partial charge in [0.25, 0.3) is 0 Å². The van der Waals surface area contributed by atoms with Gasteiger partial charge in [-0.25, -0.2) is 4.39 Å². The van der Waals surface area contributed by atoms with Gasteiger partial charge in [-0.2, -0.15) is 5.10 Å². The Balaban J connectivity index is 2.29. The molecule has 0 saturated heterocycles. The molecule has 0 spiro atoms. The SMILES string of the molecule is Cn1ncc(C(Cc2cc(F)ccc2Cl)NN)c1N. The van der Waals surface area contributed by atoms with Crippen LogP contribution in [0.4, 0.5) is 10.2 Å². The van der Waals surface area contributed by atoms with Gasteiger partial charge in [-0.3, -0.25) is 16.0 Å². The van der Waals surface area contributed by atoms with Crippen LogP contribution >= 0.6 is 11.6 Å². The number of nitrogens with one attached hydrogen (secondary N) is 1. The molecule has 7 heteroatoms. The first-order valence-electron chi connectivity index (χ1n) is 5.70. The Kier molecular flexibility index (Phi) is 4.04. The Morgan fingerprint density at radius 1 is 1.53 bits per heavy atom. The molecule has 1 heterocycles. The van der Waals surface area contributed by atoms with Gasteiger partial charge in [0.2, 0.25) is 0 Å². The molecular weight excluding hydrogens is 269 g/mol. The lowest BCUT2D eigenvalue weighted by Crippen LogP contribution is -2.30. The molecule has 0 aliphatic carbocycles. The Labute approximate surface area is 115 Å². The maximum absolute atomic E-state index is 13.2. The van der Waals surface area contributed by atoms with Crippen LogP contribution < -0.4 is 17.0 Å². The largest absolute Gasteiger partial charge is 0.384 e. The molecule has 0 saturated carbocycles. The quantitative estimate of drug-likeness (QED) is 0.587. The predicted molar refractivity (Wildman–Crippen MR) is 72.8 cm³/mol. The van der Waals surface area contributed by atoms with E-state index in [4.69, 9.17) is 23.2 Å². The van der Waals surface area contributed by atoms with Gasteiger partial charge in [-0.1, -0.05) is 11.6 Å². The van der Waals surface area contributed by atoms with Crippen LogP contribution in [0.2, 0.25) is 5.02 Å². The molecule has 0 fully saturated rings. The van der Waals surface area contributed by atoms with Gasteiger partial charge in [0.05, 0.1) is 12.2 Å². The number of nitrogens with two attached hydrogens (primary N) is 2. The lowest BCUT2D eigenvalue weighted by molar-refractivity contribution is 0.550. The van der Waals surface area contributed by atoms with Crippen molar-refractivity contribution < 1.29 is 4.39 Å². The highest BCUT2D eigenvalue weighted by molar-refractivity contribution is 6.31. The lowest BCUT2D eigenvalue weighted by Gasteiger charge is -2.16. The molecule has 1 aromatic carbocycles. The van der Waals surface area contributed by atoms with E-state index in [2.05, 4.69) is 10.5 Å². The first-order chi connectivity index (χ1) is 9.02. The van der Waals surface area contributed by atoms with Crippen molar-refractivity contribution in [1.82, 2.24) is 15.2 Å². The number of rotatable bonds is 4. The molecule has 1 aromatic heterocycles. The summed E-state index contributed by atoms with van der Waals surface area (Å²) in [6, 6.07) is 3.94. The molecule has 0 amide bonds. The third kappa shape index (κ3) is 2.86. The van der Waals surface area contributed by atoms with Crippen molar-refractivity contribution >= 4 is 17.4 Å². The van der Waals surface area contributed by atoms with Crippen LogP contribution in [-0.4, -0.2) is 9.78 Å². The summed E-state index contributed by atoms with van der Waals surface area (Å²) in [4.78, 5) is 0. The summed E-state index contributed by atoms with van der Waals surface area (Å²) in [5.41, 5.74) is 9.97. The van der Waals surface area contributed by atoms with Gasteiger partial charge < -0.3 is 5.73 Å². The number of halogens is 2. The molecule has 1 atom stereocenters. The van der Waals surface area contributed by atoms with Gasteiger partial charge in [0.1, 0.15) is 11.6 Å². The Morgan fingerprint density at radius 2 is 2.26 bits per heavy atom. The number of aryl methyl sites for hydroxylation is 1. The molecule has 0 aliphatic rings. The van der Waals surface area contributed by atoms with Gasteiger partial charge >= 0.3 is 0 Å². The fourth-order valence-corrected chi connectivity index (χ4v) is 2.11. The van der Waals surface area contributed by atoms with E-state index in [1.54, 1.807) is 17.9 Å². The van der Waals surface area contributed by atoms with E-state index in [-0.39, 0.29) is 11.9 Å². The molecule has 0 aliphatic heterocycles. The Morgan fingerprint density at radius 3 is 2.84 bits per heavy atom. The highest BCUT2D eigenvalue weighted by Crippen LogP contribution is 2.26. The maximum Gasteiger partial charge on any atom is 0.126 e. The van der Waals surface area contributed by atoms with Crippen LogP contribution in [0.5, 0.6) is 0 Å². The fourth-order valence-electron chi connectivity index (χ4n) is 1.91. The number of hydrazine groups is 1. The highest BCUT2D eigenvalue weighted by atomic mass is 35.5. The van der Waals surface area contributed by atoms with Crippen molar-refractivity contribution in [2.75, 3.05) is 5.73 Å². The number of aromatic nitrogens is 2. The summed E-state index contributed by atoms with van der Waals surface area (Å²) < 4.78 is 14.8. The van der Waals surface area contributed by atoms with Gasteiger partial charge in [0, 0.05) is 17.6 Å². The molecule has 0 radical (unpaired) electrons. The average molecular weight is 284 g/mol. The normalized spacial score (nSPS) is 12.6. The van der Waals surface area contributed by atoms with E-state index in [1.165, 1.54) is 18.2 Å². The topological polar surface area (TPSA) is 81.9 Å². The van der Waals surface area contributed by atoms with Crippen molar-refractivity contribution in [3.05, 3.63) is 46.4 Å². The molecular formula is C12H15ClFN5. The summed E-state index contributed by atoms with van der Waals surface area (Å²) in [5, 5.41) is 4.55. The summed E-state index contributed by atoms with van der Waals surface area (Å²) in [6.07, 6.45) is 2.05. The zero-order chi connectivity index (χ0) is 14.0. The second-order valence-electron chi connectivity index (χ2n) is 4.27. The summed E-state index contributed by atoms with van der Waals surface area (Å²) in [7, 11) is 1.74. The molecule has 5 nitrogen and oxygen atoms in total. The second kappa shape index (κ2) is 5.56. The molecule has 5 N–H and O–H groups in total. The van der Waals surface area contributed by atoms with Crippen LogP contribution in [-0.2, 0) is 13.5 Å². The molecule has 19 heavy (non-hydrogen) atoms. The smallest absolute Gasteiger partial charge is 0.126 e. The van der Waals surface area contributed by atoms with E-state index < -0.39 is 0 Å². The number of nitrogens with zero attached hydrogens (tertiary/aromatic N) is 2. The maximum atomic E-state index is 13.2. The molecule has 102 valence electrons. The van der Waals surface area contributed by atoms with Gasteiger partial charge in [-0.05, 0) is 30.2 Å². The lowest BCUT2D eigenvalue weighted by atomic mass is 10.0. The third-order valence-electron chi connectivity index (χ3n) is 3.02. The van der Waals surface area contributed by atoms with Crippen LogP contribution in [0, 0.1) is 5.82 Å². The minimum atomic E-state index is -0.339. The predicted octanol–water partition coefficient (Wildman–Crippen LogP) is 1.54. The second-order valence-corrected chi connectivity index (χ2v) is 4.68. The van der Waals surface area contributed by atoms with Crippen LogP contribution in [0.3, 0.4) is 0 Å². The van der Waals surface area contributed by atoms with E-state index >= 15 is 0 Å². The van der Waals surface area contributed by atoms with Crippen LogP contribution in [0.15, 0.2) is 24.4 Å². The Hall–Kier alpha value is -1.63. The first kappa shape index (κ1) is 13.8. The zero-order valence-corrected chi connectivity index (χ0v) is 11.2. The van der Waals surface area contributed by atoms with E-state index in [0.29, 0.717) is 22.8 Å². The molecule has 2 aromatic rings. The van der Waals surface area contributed by atoms with E-state index in [9.17, 15) is 4.39 Å². The number of hydrogen-bond donors (Lipinski definition) is 3. The summed E-state index contributed by atoms with van der Waals surface area (Å²) in [5.74, 6) is 5.71. The van der Waals surface area contributed by atoms with Gasteiger partial charge in [0.15, 0.2) is 0 Å².